The Labute approximate surface area is 240 Å². The largest absolute Gasteiger partial charge is 0.461 e. The summed E-state index contributed by atoms with van der Waals surface area (Å²) >= 11 is 0. The zero-order chi connectivity index (χ0) is 31.3. The normalized spacial score (nSPS) is 14.7. The number of benzene rings is 1. The Hall–Kier alpha value is -4.16. The maximum absolute atomic E-state index is 13.1. The molecule has 1 rings (SSSR count). The lowest BCUT2D eigenvalue weighted by Crippen LogP contribution is -2.58. The fourth-order valence-corrected chi connectivity index (χ4v) is 3.41. The van der Waals surface area contributed by atoms with Gasteiger partial charge in [-0.15, -0.1) is 0 Å². The smallest absolute Gasteiger partial charge is 0.408 e. The van der Waals surface area contributed by atoms with Crippen LogP contribution in [0.3, 0.4) is 0 Å². The molecule has 0 spiro atoms. The molecule has 41 heavy (non-hydrogen) atoms. The van der Waals surface area contributed by atoms with Crippen LogP contribution >= 0.6 is 0 Å². The average molecular weight is 578 g/mol. The maximum atomic E-state index is 13.1. The number of nitrogens with one attached hydrogen (secondary N) is 4. The van der Waals surface area contributed by atoms with Crippen LogP contribution in [0.2, 0.25) is 0 Å². The van der Waals surface area contributed by atoms with Crippen molar-refractivity contribution < 1.29 is 38.2 Å². The van der Waals surface area contributed by atoms with Gasteiger partial charge in [0.15, 0.2) is 0 Å². The van der Waals surface area contributed by atoms with Crippen molar-refractivity contribution in [1.82, 2.24) is 21.3 Å². The number of primary amides is 1. The summed E-state index contributed by atoms with van der Waals surface area (Å²) in [5, 5.41) is 9.74. The number of carbonyl (C=O) groups is 6. The summed E-state index contributed by atoms with van der Waals surface area (Å²) in [6.07, 6.45) is -0.836. The second-order valence-electron chi connectivity index (χ2n) is 10.8. The summed E-state index contributed by atoms with van der Waals surface area (Å²) in [4.78, 5) is 75.1. The van der Waals surface area contributed by atoms with Crippen LogP contribution in [-0.2, 0) is 40.1 Å². The number of hydrogen-bond donors (Lipinski definition) is 5. The fourth-order valence-electron chi connectivity index (χ4n) is 3.41. The van der Waals surface area contributed by atoms with E-state index < -0.39 is 71.9 Å². The van der Waals surface area contributed by atoms with E-state index in [9.17, 15) is 28.8 Å². The van der Waals surface area contributed by atoms with Gasteiger partial charge in [-0.05, 0) is 46.1 Å². The van der Waals surface area contributed by atoms with Crippen LogP contribution < -0.4 is 27.0 Å². The number of carbonyl (C=O) groups excluding carboxylic acids is 6. The van der Waals surface area contributed by atoms with Gasteiger partial charge in [0.25, 0.3) is 0 Å². The first-order valence-electron chi connectivity index (χ1n) is 13.4. The SMILES string of the molecule is CC[C@@H](C)[C@@H](NC(=O)[C@@H](C)NC(=O)[C@@H](CC(=O)OCc1ccccc1)NC(=O)[C@@H](C)NC(=O)OC(C)(C)C)C(N)=O. The quantitative estimate of drug-likeness (QED) is 0.202. The summed E-state index contributed by atoms with van der Waals surface area (Å²) in [6, 6.07) is 4.17. The van der Waals surface area contributed by atoms with Gasteiger partial charge in [0.1, 0.15) is 36.4 Å². The fraction of sp³-hybridized carbons (Fsp3) is 0.571. The first-order valence-corrected chi connectivity index (χ1v) is 13.4. The van der Waals surface area contributed by atoms with E-state index in [1.54, 1.807) is 58.0 Å². The molecular formula is C28H43N5O8. The standard InChI is InChI=1S/C28H43N5O8/c1-8-16(2)22(23(29)35)33-25(37)17(3)30-26(38)20(14-21(34)40-15-19-12-10-9-11-13-19)32-24(36)18(4)31-27(39)41-28(5,6)7/h9-13,16-18,20,22H,8,14-15H2,1-7H3,(H2,29,35)(H,30,38)(H,31,39)(H,32,36)(H,33,37)/t16-,17-,18-,20-,22-/m1/s1. The average Bonchev–Trinajstić information content (AvgIpc) is 2.88. The van der Waals surface area contributed by atoms with Gasteiger partial charge in [0.05, 0.1) is 6.42 Å². The Balaban J connectivity index is 2.97. The Morgan fingerprint density at radius 1 is 0.829 bits per heavy atom. The van der Waals surface area contributed by atoms with Crippen molar-refractivity contribution in [3.63, 3.8) is 0 Å². The molecule has 0 heterocycles. The predicted octanol–water partition coefficient (Wildman–Crippen LogP) is 1.04. The molecule has 13 nitrogen and oxygen atoms in total. The van der Waals surface area contributed by atoms with E-state index in [4.69, 9.17) is 15.2 Å². The van der Waals surface area contributed by atoms with Gasteiger partial charge < -0.3 is 36.5 Å². The number of amides is 5. The van der Waals surface area contributed by atoms with Gasteiger partial charge >= 0.3 is 12.1 Å². The van der Waals surface area contributed by atoms with Gasteiger partial charge in [-0.3, -0.25) is 24.0 Å². The lowest BCUT2D eigenvalue weighted by atomic mass is 9.98. The highest BCUT2D eigenvalue weighted by molar-refractivity contribution is 5.96. The van der Waals surface area contributed by atoms with E-state index in [1.165, 1.54) is 13.8 Å². The molecule has 5 amide bonds. The molecule has 0 saturated carbocycles. The molecule has 0 fully saturated rings. The second-order valence-corrected chi connectivity index (χ2v) is 10.8. The van der Waals surface area contributed by atoms with E-state index in [2.05, 4.69) is 21.3 Å². The number of esters is 1. The van der Waals surface area contributed by atoms with Crippen LogP contribution in [0.5, 0.6) is 0 Å². The molecule has 13 heteroatoms. The highest BCUT2D eigenvalue weighted by atomic mass is 16.6. The van der Waals surface area contributed by atoms with Crippen LogP contribution in [0, 0.1) is 5.92 Å². The van der Waals surface area contributed by atoms with Crippen molar-refractivity contribution in [2.45, 2.75) is 97.7 Å². The topological polar surface area (TPSA) is 195 Å². The van der Waals surface area contributed by atoms with E-state index in [0.717, 1.165) is 5.56 Å². The predicted molar refractivity (Wildman–Crippen MR) is 150 cm³/mol. The molecule has 6 N–H and O–H groups in total. The third kappa shape index (κ3) is 13.2. The summed E-state index contributed by atoms with van der Waals surface area (Å²) in [7, 11) is 0. The monoisotopic (exact) mass is 577 g/mol. The highest BCUT2D eigenvalue weighted by Crippen LogP contribution is 2.09. The van der Waals surface area contributed by atoms with Crippen molar-refractivity contribution in [3.8, 4) is 0 Å². The molecule has 0 aliphatic carbocycles. The molecule has 5 atom stereocenters. The molecule has 228 valence electrons. The van der Waals surface area contributed by atoms with Gasteiger partial charge in [0, 0.05) is 0 Å². The van der Waals surface area contributed by atoms with E-state index in [-0.39, 0.29) is 12.5 Å². The number of alkyl carbamates (subject to hydrolysis) is 1. The Bertz CT molecular complexity index is 1070. The number of nitrogens with two attached hydrogens (primary N) is 1. The lowest BCUT2D eigenvalue weighted by molar-refractivity contribution is -0.147. The minimum absolute atomic E-state index is 0.0541. The molecule has 0 aliphatic rings. The molecule has 0 bridgehead atoms. The van der Waals surface area contributed by atoms with Gasteiger partial charge in [-0.1, -0.05) is 50.6 Å². The third-order valence-electron chi connectivity index (χ3n) is 5.94. The van der Waals surface area contributed by atoms with Crippen LogP contribution in [-0.4, -0.2) is 65.5 Å². The minimum Gasteiger partial charge on any atom is -0.461 e. The van der Waals surface area contributed by atoms with Crippen LogP contribution in [0.4, 0.5) is 4.79 Å². The Kier molecular flexibility index (Phi) is 13.8. The number of rotatable bonds is 14. The molecular weight excluding hydrogens is 534 g/mol. The first-order chi connectivity index (χ1) is 19.0. The number of hydrogen-bond acceptors (Lipinski definition) is 8. The van der Waals surface area contributed by atoms with Gasteiger partial charge in [-0.2, -0.15) is 0 Å². The Morgan fingerprint density at radius 3 is 1.93 bits per heavy atom. The first kappa shape index (κ1) is 34.9. The lowest BCUT2D eigenvalue weighted by Gasteiger charge is -2.25. The third-order valence-corrected chi connectivity index (χ3v) is 5.94. The van der Waals surface area contributed by atoms with E-state index in [0.29, 0.717) is 6.42 Å². The van der Waals surface area contributed by atoms with Crippen molar-refractivity contribution in [2.24, 2.45) is 11.7 Å². The molecule has 0 unspecified atom stereocenters. The summed E-state index contributed by atoms with van der Waals surface area (Å²) in [5.41, 5.74) is 5.33. The molecule has 0 saturated heterocycles. The van der Waals surface area contributed by atoms with Crippen molar-refractivity contribution in [2.75, 3.05) is 0 Å². The van der Waals surface area contributed by atoms with Crippen molar-refractivity contribution in [3.05, 3.63) is 35.9 Å². The van der Waals surface area contributed by atoms with Crippen LogP contribution in [0.25, 0.3) is 0 Å². The van der Waals surface area contributed by atoms with E-state index >= 15 is 0 Å². The van der Waals surface area contributed by atoms with Crippen LogP contribution in [0.1, 0.15) is 66.9 Å². The van der Waals surface area contributed by atoms with Crippen molar-refractivity contribution in [1.29, 1.82) is 0 Å². The zero-order valence-electron chi connectivity index (χ0n) is 24.7. The van der Waals surface area contributed by atoms with Gasteiger partial charge in [-0.25, -0.2) is 4.79 Å². The molecule has 1 aromatic rings. The second kappa shape index (κ2) is 16.2. The molecule has 0 radical (unpaired) electrons. The summed E-state index contributed by atoms with van der Waals surface area (Å²) in [5.74, 6) is -4.08. The highest BCUT2D eigenvalue weighted by Gasteiger charge is 2.31. The summed E-state index contributed by atoms with van der Waals surface area (Å²) in [6.45, 7) is 11.2. The minimum atomic E-state index is -1.45. The number of ether oxygens (including phenoxy) is 2. The summed E-state index contributed by atoms with van der Waals surface area (Å²) < 4.78 is 10.4. The molecule has 0 aromatic heterocycles. The van der Waals surface area contributed by atoms with Crippen molar-refractivity contribution >= 4 is 35.7 Å². The maximum Gasteiger partial charge on any atom is 0.408 e. The van der Waals surface area contributed by atoms with E-state index in [1.807, 2.05) is 6.92 Å². The zero-order valence-corrected chi connectivity index (χ0v) is 24.7. The Morgan fingerprint density at radius 2 is 1.39 bits per heavy atom. The van der Waals surface area contributed by atoms with Crippen LogP contribution in [0.15, 0.2) is 30.3 Å². The molecule has 0 aliphatic heterocycles. The molecule has 1 aromatic carbocycles. The van der Waals surface area contributed by atoms with Gasteiger partial charge in [0.2, 0.25) is 23.6 Å².